The Morgan fingerprint density at radius 3 is 2.47 bits per heavy atom. The Bertz CT molecular complexity index is 960. The van der Waals surface area contributed by atoms with Gasteiger partial charge in [0, 0.05) is 48.7 Å². The molecule has 5 heterocycles. The number of hydrogen-bond acceptors (Lipinski definition) is 6. The van der Waals surface area contributed by atoms with Crippen molar-refractivity contribution in [2.45, 2.75) is 93.8 Å². The van der Waals surface area contributed by atoms with Gasteiger partial charge in [-0.15, -0.1) is 0 Å². The van der Waals surface area contributed by atoms with E-state index >= 15 is 0 Å². The van der Waals surface area contributed by atoms with Crippen molar-refractivity contribution in [3.05, 3.63) is 17.5 Å². The Hall–Kier alpha value is -1.49. The van der Waals surface area contributed by atoms with E-state index in [-0.39, 0.29) is 29.6 Å². The first-order chi connectivity index (χ1) is 15.4. The van der Waals surface area contributed by atoms with E-state index in [4.69, 9.17) is 4.52 Å². The molecule has 5 aliphatic rings. The van der Waals surface area contributed by atoms with Gasteiger partial charge in [0.2, 0.25) is 0 Å². The second kappa shape index (κ2) is 7.78. The molecule has 32 heavy (non-hydrogen) atoms. The van der Waals surface area contributed by atoms with Crippen molar-refractivity contribution >= 4 is 16.1 Å². The molecule has 1 aromatic heterocycles. The minimum Gasteiger partial charge on any atom is -0.360 e. The van der Waals surface area contributed by atoms with E-state index < -0.39 is 10.2 Å². The molecule has 2 N–H and O–H groups in total. The van der Waals surface area contributed by atoms with Crippen LogP contribution in [0, 0.1) is 0 Å². The lowest BCUT2D eigenvalue weighted by molar-refractivity contribution is 0.0897. The largest absolute Gasteiger partial charge is 0.360 e. The molecule has 1 aliphatic carbocycles. The first-order valence-electron chi connectivity index (χ1n) is 12.2. The third kappa shape index (κ3) is 3.69. The average Bonchev–Trinajstić information content (AvgIpc) is 3.20. The van der Waals surface area contributed by atoms with Crippen LogP contribution in [0.5, 0.6) is 0 Å². The summed E-state index contributed by atoms with van der Waals surface area (Å²) in [4.78, 5) is 12.7. The van der Waals surface area contributed by atoms with Crippen LogP contribution >= 0.6 is 0 Å². The third-order valence-electron chi connectivity index (χ3n) is 8.35. The maximum atomic E-state index is 13.5. The van der Waals surface area contributed by atoms with Crippen LogP contribution in [-0.4, -0.2) is 71.4 Å². The van der Waals surface area contributed by atoms with E-state index in [0.29, 0.717) is 37.5 Å². The molecule has 10 heteroatoms. The van der Waals surface area contributed by atoms with Gasteiger partial charge in [-0.05, 0) is 70.8 Å². The highest BCUT2D eigenvalue weighted by Gasteiger charge is 2.50. The molecule has 1 amide bonds. The SMILES string of the molecule is O=C(N[C@H]1C[C@H]2CC[C@@H](C1)N2S(=O)(=O)N1CCC2(CCCN2)CC1)c1cc(C2CC2)on1. The Labute approximate surface area is 189 Å². The minimum atomic E-state index is -3.47. The van der Waals surface area contributed by atoms with Gasteiger partial charge in [0.1, 0.15) is 5.76 Å². The lowest BCUT2D eigenvalue weighted by Gasteiger charge is -2.44. The Morgan fingerprint density at radius 2 is 1.84 bits per heavy atom. The van der Waals surface area contributed by atoms with Crippen LogP contribution in [0.2, 0.25) is 0 Å². The van der Waals surface area contributed by atoms with Crippen LogP contribution in [0.3, 0.4) is 0 Å². The van der Waals surface area contributed by atoms with Crippen molar-refractivity contribution in [3.8, 4) is 0 Å². The van der Waals surface area contributed by atoms with Gasteiger partial charge < -0.3 is 15.2 Å². The summed E-state index contributed by atoms with van der Waals surface area (Å²) in [6, 6.07) is 1.65. The van der Waals surface area contributed by atoms with E-state index in [2.05, 4.69) is 15.8 Å². The monoisotopic (exact) mass is 463 g/mol. The second-order valence-electron chi connectivity index (χ2n) is 10.5. The molecular weight excluding hydrogens is 430 g/mol. The van der Waals surface area contributed by atoms with Crippen LogP contribution < -0.4 is 10.6 Å². The van der Waals surface area contributed by atoms with Gasteiger partial charge in [0.25, 0.3) is 16.1 Å². The molecule has 1 spiro atoms. The molecule has 6 rings (SSSR count). The lowest BCUT2D eigenvalue weighted by atomic mass is 9.87. The molecule has 9 nitrogen and oxygen atoms in total. The van der Waals surface area contributed by atoms with E-state index in [1.807, 2.05) is 0 Å². The van der Waals surface area contributed by atoms with Gasteiger partial charge in [-0.25, -0.2) is 0 Å². The topological polar surface area (TPSA) is 108 Å². The van der Waals surface area contributed by atoms with E-state index in [9.17, 15) is 13.2 Å². The highest BCUT2D eigenvalue weighted by atomic mass is 32.2. The summed E-state index contributed by atoms with van der Waals surface area (Å²) in [5, 5.41) is 10.6. The molecule has 5 fully saturated rings. The third-order valence-corrected chi connectivity index (χ3v) is 10.5. The minimum absolute atomic E-state index is 0.0279. The molecule has 0 aromatic carbocycles. The second-order valence-corrected chi connectivity index (χ2v) is 12.3. The fraction of sp³-hybridized carbons (Fsp3) is 0.818. The Morgan fingerprint density at radius 1 is 1.12 bits per heavy atom. The number of nitrogens with zero attached hydrogens (tertiary/aromatic N) is 3. The number of rotatable bonds is 5. The number of carbonyl (C=O) groups is 1. The fourth-order valence-corrected chi connectivity index (χ4v) is 8.47. The molecule has 0 unspecified atom stereocenters. The van der Waals surface area contributed by atoms with Gasteiger partial charge in [-0.2, -0.15) is 17.0 Å². The van der Waals surface area contributed by atoms with Crippen molar-refractivity contribution in [1.82, 2.24) is 24.4 Å². The molecule has 176 valence electrons. The van der Waals surface area contributed by atoms with Crippen LogP contribution in [-0.2, 0) is 10.2 Å². The zero-order chi connectivity index (χ0) is 21.9. The first kappa shape index (κ1) is 21.1. The summed E-state index contributed by atoms with van der Waals surface area (Å²) >= 11 is 0. The van der Waals surface area contributed by atoms with Crippen molar-refractivity contribution in [2.24, 2.45) is 0 Å². The van der Waals surface area contributed by atoms with Crippen molar-refractivity contribution in [1.29, 1.82) is 0 Å². The number of aromatic nitrogens is 1. The lowest BCUT2D eigenvalue weighted by Crippen LogP contribution is -2.59. The summed E-state index contributed by atoms with van der Waals surface area (Å²) < 4.78 is 35.9. The van der Waals surface area contributed by atoms with Gasteiger partial charge in [0.05, 0.1) is 0 Å². The number of hydrogen-bond donors (Lipinski definition) is 2. The molecule has 2 bridgehead atoms. The maximum Gasteiger partial charge on any atom is 0.282 e. The van der Waals surface area contributed by atoms with Crippen molar-refractivity contribution in [2.75, 3.05) is 19.6 Å². The molecule has 3 atom stereocenters. The molecule has 4 saturated heterocycles. The van der Waals surface area contributed by atoms with Crippen molar-refractivity contribution < 1.29 is 17.7 Å². The fourth-order valence-electron chi connectivity index (χ4n) is 6.42. The molecule has 1 aromatic rings. The van der Waals surface area contributed by atoms with Crippen LogP contribution in [0.1, 0.15) is 86.4 Å². The van der Waals surface area contributed by atoms with E-state index in [1.54, 1.807) is 14.7 Å². The summed E-state index contributed by atoms with van der Waals surface area (Å²) in [5.41, 5.74) is 0.486. The summed E-state index contributed by atoms with van der Waals surface area (Å²) in [5.74, 6) is 1.00. The van der Waals surface area contributed by atoms with Gasteiger partial charge in [-0.3, -0.25) is 4.79 Å². The van der Waals surface area contributed by atoms with Crippen LogP contribution in [0.25, 0.3) is 0 Å². The number of nitrogens with one attached hydrogen (secondary N) is 2. The maximum absolute atomic E-state index is 13.5. The molecule has 4 aliphatic heterocycles. The summed E-state index contributed by atoms with van der Waals surface area (Å²) in [6.07, 6.45) is 9.39. The zero-order valence-corrected chi connectivity index (χ0v) is 19.3. The van der Waals surface area contributed by atoms with Crippen molar-refractivity contribution in [3.63, 3.8) is 0 Å². The summed E-state index contributed by atoms with van der Waals surface area (Å²) in [6.45, 7) is 2.24. The van der Waals surface area contributed by atoms with E-state index in [0.717, 1.165) is 57.3 Å². The van der Waals surface area contributed by atoms with E-state index in [1.165, 1.54) is 6.42 Å². The zero-order valence-electron chi connectivity index (χ0n) is 18.5. The Kier molecular flexibility index (Phi) is 5.13. The first-order valence-corrected chi connectivity index (χ1v) is 13.6. The van der Waals surface area contributed by atoms with Gasteiger partial charge in [-0.1, -0.05) is 5.16 Å². The predicted octanol–water partition coefficient (Wildman–Crippen LogP) is 1.74. The number of carbonyl (C=O) groups excluding carboxylic acids is 1. The van der Waals surface area contributed by atoms with Gasteiger partial charge in [0.15, 0.2) is 5.69 Å². The quantitative estimate of drug-likeness (QED) is 0.689. The standard InChI is InChI=1S/C22H33N5O4S/c28-21(19-14-20(31-25-19)15-2-3-15)24-16-12-17-4-5-18(13-16)27(17)32(29,30)26-10-7-22(8-11-26)6-1-9-23-22/h14-18,23H,1-13H2,(H,24,28)/t16-,17+,18-. The normalized spacial score (nSPS) is 33.1. The smallest absolute Gasteiger partial charge is 0.282 e. The number of piperidine rings is 2. The molecular formula is C22H33N5O4S. The number of fused-ring (bicyclic) bond motifs is 2. The average molecular weight is 464 g/mol. The predicted molar refractivity (Wildman–Crippen MR) is 117 cm³/mol. The summed E-state index contributed by atoms with van der Waals surface area (Å²) in [7, 11) is -3.47. The van der Waals surface area contributed by atoms with Crippen LogP contribution in [0.15, 0.2) is 10.6 Å². The highest BCUT2D eigenvalue weighted by molar-refractivity contribution is 7.86. The molecule has 0 radical (unpaired) electrons. The van der Waals surface area contributed by atoms with Crippen LogP contribution in [0.4, 0.5) is 0 Å². The number of amides is 1. The molecule has 1 saturated carbocycles. The Balaban J connectivity index is 1.09. The van der Waals surface area contributed by atoms with Gasteiger partial charge >= 0.3 is 0 Å². The highest BCUT2D eigenvalue weighted by Crippen LogP contribution is 2.41.